The molecule has 2 atom stereocenters. The number of nitrogens with one attached hydrogen (secondary N) is 3. The number of hydrogen-bond acceptors (Lipinski definition) is 3. The van der Waals surface area contributed by atoms with Crippen molar-refractivity contribution in [3.63, 3.8) is 0 Å². The smallest absolute Gasteiger partial charge is 0.238 e. The summed E-state index contributed by atoms with van der Waals surface area (Å²) in [6.07, 6.45) is 1.75. The van der Waals surface area contributed by atoms with E-state index in [1.54, 1.807) is 0 Å². The maximum absolute atomic E-state index is 13.0. The van der Waals surface area contributed by atoms with E-state index in [9.17, 15) is 9.18 Å². The van der Waals surface area contributed by atoms with Gasteiger partial charge in [-0.25, -0.2) is 4.39 Å². The highest BCUT2D eigenvalue weighted by Gasteiger charge is 2.28. The van der Waals surface area contributed by atoms with E-state index in [2.05, 4.69) is 39.6 Å². The summed E-state index contributed by atoms with van der Waals surface area (Å²) in [6.45, 7) is 1.25. The Hall–Kier alpha value is -2.34. The van der Waals surface area contributed by atoms with Gasteiger partial charge in [-0.3, -0.25) is 10.1 Å². The van der Waals surface area contributed by atoms with E-state index < -0.39 is 12.2 Å². The molecule has 1 aromatic rings. The van der Waals surface area contributed by atoms with Gasteiger partial charge in [0.25, 0.3) is 0 Å². The molecule has 0 spiro atoms. The van der Waals surface area contributed by atoms with E-state index in [0.717, 1.165) is 11.1 Å². The summed E-state index contributed by atoms with van der Waals surface area (Å²) in [5.74, 6) is 12.3. The van der Waals surface area contributed by atoms with Crippen molar-refractivity contribution in [3.8, 4) is 23.7 Å². The van der Waals surface area contributed by atoms with E-state index >= 15 is 0 Å². The number of rotatable bonds is 5. The van der Waals surface area contributed by atoms with E-state index in [0.29, 0.717) is 19.1 Å². The molecule has 3 N–H and O–H groups in total. The second kappa shape index (κ2) is 8.67. The van der Waals surface area contributed by atoms with Gasteiger partial charge in [-0.1, -0.05) is 24.0 Å². The maximum Gasteiger partial charge on any atom is 0.238 e. The predicted octanol–water partition coefficient (Wildman–Crippen LogP) is 1.31. The minimum absolute atomic E-state index is 0.162. The highest BCUT2D eigenvalue weighted by Crippen LogP contribution is 2.27. The van der Waals surface area contributed by atoms with Gasteiger partial charge in [-0.15, -0.1) is 0 Å². The number of alkyl halides is 1. The summed E-state index contributed by atoms with van der Waals surface area (Å²) < 4.78 is 13.0. The third-order valence-electron chi connectivity index (χ3n) is 4.19. The van der Waals surface area contributed by atoms with Crippen LogP contribution in [0.3, 0.4) is 0 Å². The fraction of sp³-hybridized carbons (Fsp3) is 0.450. The molecule has 2 aliphatic rings. The van der Waals surface area contributed by atoms with Crippen LogP contribution < -0.4 is 16.0 Å². The maximum atomic E-state index is 13.0. The largest absolute Gasteiger partial charge is 0.342 e. The summed E-state index contributed by atoms with van der Waals surface area (Å²) in [7, 11) is 0. The molecule has 1 aliphatic heterocycles. The van der Waals surface area contributed by atoms with Gasteiger partial charge in [0.2, 0.25) is 5.91 Å². The summed E-state index contributed by atoms with van der Waals surface area (Å²) in [6, 6.07) is 7.51. The van der Waals surface area contributed by atoms with Gasteiger partial charge in [0.1, 0.15) is 6.17 Å². The first-order valence-corrected chi connectivity index (χ1v) is 8.67. The third kappa shape index (κ3) is 5.90. The second-order valence-corrected chi connectivity index (χ2v) is 6.43. The molecule has 1 aliphatic carbocycles. The molecule has 0 bridgehead atoms. The Bertz CT molecular complexity index is 719. The molecule has 4 nitrogen and oxygen atoms in total. The Kier molecular flexibility index (Phi) is 6.06. The minimum atomic E-state index is -0.926. The summed E-state index contributed by atoms with van der Waals surface area (Å²) in [4.78, 5) is 11.8. The lowest BCUT2D eigenvalue weighted by Crippen LogP contribution is -2.43. The Morgan fingerprint density at radius 3 is 2.72 bits per heavy atom. The van der Waals surface area contributed by atoms with E-state index in [1.165, 1.54) is 12.8 Å². The zero-order valence-corrected chi connectivity index (χ0v) is 14.1. The molecule has 3 rings (SSSR count). The standard InChI is InChI=1S/C20H22FN3O/c21-18-11-19(23-13-18)20(25)24-14-22-12-17-9-7-16(8-10-17)4-2-1-3-15-5-6-15/h7-10,15,18-19,22-23H,5-6,11-14H2,(H,24,25)/t18-,19-/m0/s1. The first-order chi connectivity index (χ1) is 12.2. The van der Waals surface area contributed by atoms with Crippen LogP contribution in [0, 0.1) is 29.6 Å². The molecule has 1 saturated carbocycles. The van der Waals surface area contributed by atoms with Crippen LogP contribution in [0.25, 0.3) is 0 Å². The lowest BCUT2D eigenvalue weighted by atomic mass is 10.1. The van der Waals surface area contributed by atoms with Crippen molar-refractivity contribution in [2.75, 3.05) is 13.2 Å². The fourth-order valence-electron chi connectivity index (χ4n) is 2.55. The van der Waals surface area contributed by atoms with Gasteiger partial charge in [0.15, 0.2) is 0 Å². The van der Waals surface area contributed by atoms with Crippen LogP contribution in [-0.2, 0) is 11.3 Å². The van der Waals surface area contributed by atoms with Crippen molar-refractivity contribution in [1.29, 1.82) is 0 Å². The van der Waals surface area contributed by atoms with Crippen molar-refractivity contribution in [2.45, 2.75) is 38.0 Å². The molecule has 130 valence electrons. The van der Waals surface area contributed by atoms with Crippen molar-refractivity contribution in [2.24, 2.45) is 5.92 Å². The molecular formula is C20H22FN3O. The first-order valence-electron chi connectivity index (χ1n) is 8.67. The second-order valence-electron chi connectivity index (χ2n) is 6.43. The number of hydrogen-bond donors (Lipinski definition) is 3. The van der Waals surface area contributed by atoms with E-state index in [1.807, 2.05) is 24.3 Å². The minimum Gasteiger partial charge on any atom is -0.342 e. The van der Waals surface area contributed by atoms with Crippen molar-refractivity contribution >= 4 is 5.91 Å². The highest BCUT2D eigenvalue weighted by molar-refractivity contribution is 5.82. The molecule has 0 radical (unpaired) electrons. The van der Waals surface area contributed by atoms with Gasteiger partial charge in [-0.2, -0.15) is 0 Å². The summed E-state index contributed by atoms with van der Waals surface area (Å²) in [5, 5.41) is 8.77. The molecule has 0 aromatic heterocycles. The van der Waals surface area contributed by atoms with Crippen LogP contribution in [-0.4, -0.2) is 31.3 Å². The Labute approximate surface area is 148 Å². The molecule has 2 fully saturated rings. The van der Waals surface area contributed by atoms with Crippen LogP contribution in [0.4, 0.5) is 4.39 Å². The number of carbonyl (C=O) groups excluding carboxylic acids is 1. The number of amides is 1. The van der Waals surface area contributed by atoms with Crippen molar-refractivity contribution in [1.82, 2.24) is 16.0 Å². The van der Waals surface area contributed by atoms with Crippen molar-refractivity contribution in [3.05, 3.63) is 35.4 Å². The molecule has 25 heavy (non-hydrogen) atoms. The van der Waals surface area contributed by atoms with E-state index in [4.69, 9.17) is 0 Å². The molecule has 5 heteroatoms. The number of carbonyl (C=O) groups is 1. The van der Waals surface area contributed by atoms with Gasteiger partial charge in [0, 0.05) is 31.0 Å². The quantitative estimate of drug-likeness (QED) is 0.431. The Balaban J connectivity index is 1.35. The normalized spacial score (nSPS) is 21.6. The zero-order valence-electron chi connectivity index (χ0n) is 14.1. The lowest BCUT2D eigenvalue weighted by molar-refractivity contribution is -0.122. The van der Waals surface area contributed by atoms with Crippen molar-refractivity contribution < 1.29 is 9.18 Å². The topological polar surface area (TPSA) is 53.2 Å². The molecule has 1 aromatic carbocycles. The van der Waals surface area contributed by atoms with Gasteiger partial charge < -0.3 is 10.6 Å². The molecule has 1 heterocycles. The highest BCUT2D eigenvalue weighted by atomic mass is 19.1. The number of halogens is 1. The van der Waals surface area contributed by atoms with Crippen LogP contribution in [0.2, 0.25) is 0 Å². The predicted molar refractivity (Wildman–Crippen MR) is 95.0 cm³/mol. The summed E-state index contributed by atoms with van der Waals surface area (Å²) in [5.41, 5.74) is 2.04. The average Bonchev–Trinajstić information content (AvgIpc) is 3.35. The molecule has 1 saturated heterocycles. The molecule has 1 amide bonds. The molecular weight excluding hydrogens is 317 g/mol. The third-order valence-corrected chi connectivity index (χ3v) is 4.19. The van der Waals surface area contributed by atoms with Gasteiger partial charge in [-0.05, 0) is 42.4 Å². The van der Waals surface area contributed by atoms with Crippen LogP contribution in [0.1, 0.15) is 30.4 Å². The van der Waals surface area contributed by atoms with Gasteiger partial charge >= 0.3 is 0 Å². The molecule has 0 unspecified atom stereocenters. The number of benzene rings is 1. The summed E-state index contributed by atoms with van der Waals surface area (Å²) >= 11 is 0. The van der Waals surface area contributed by atoms with Crippen LogP contribution in [0.15, 0.2) is 24.3 Å². The fourth-order valence-corrected chi connectivity index (χ4v) is 2.55. The first kappa shape index (κ1) is 17.5. The van der Waals surface area contributed by atoms with E-state index in [-0.39, 0.29) is 18.9 Å². The average molecular weight is 339 g/mol. The SMILES string of the molecule is O=C(NCNCc1ccc(C#CC#CC2CC2)cc1)[C@@H]1C[C@H](F)CN1. The lowest BCUT2D eigenvalue weighted by Gasteiger charge is -2.11. The monoisotopic (exact) mass is 339 g/mol. The Morgan fingerprint density at radius 1 is 1.24 bits per heavy atom. The van der Waals surface area contributed by atoms with Gasteiger partial charge in [0.05, 0.1) is 12.7 Å². The van der Waals surface area contributed by atoms with Crippen LogP contribution >= 0.6 is 0 Å². The zero-order chi connectivity index (χ0) is 17.5. The Morgan fingerprint density at radius 2 is 2.04 bits per heavy atom. The van der Waals surface area contributed by atoms with Crippen LogP contribution in [0.5, 0.6) is 0 Å².